The first kappa shape index (κ1) is 19.7. The molecule has 3 aromatic rings. The van der Waals surface area contributed by atoms with E-state index in [1.54, 1.807) is 26.6 Å². The normalized spacial score (nSPS) is 18.6. The maximum Gasteiger partial charge on any atom is 0.287 e. The number of guanidine groups is 1. The number of benzene rings is 3. The zero-order valence-corrected chi connectivity index (χ0v) is 17.8. The molecule has 2 heterocycles. The lowest BCUT2D eigenvalue weighted by Gasteiger charge is -2.26. The molecule has 1 unspecified atom stereocenters. The van der Waals surface area contributed by atoms with E-state index in [0.29, 0.717) is 23.3 Å². The number of nitrogens with zero attached hydrogens (tertiary/aromatic N) is 4. The Labute approximate surface area is 186 Å². The molecular weight excluding hydrogens is 402 g/mol. The number of quaternary nitrogens is 1. The average molecular weight is 424 g/mol. The lowest BCUT2D eigenvalue weighted by molar-refractivity contribution is 0.395. The van der Waals surface area contributed by atoms with Crippen molar-refractivity contribution in [1.29, 1.82) is 0 Å². The largest absolute Gasteiger partial charge is 0.497 e. The number of amidine groups is 1. The topological polar surface area (TPSA) is 67.6 Å². The van der Waals surface area contributed by atoms with E-state index in [2.05, 4.69) is 34.6 Å². The van der Waals surface area contributed by atoms with E-state index in [4.69, 9.17) is 19.6 Å². The highest BCUT2D eigenvalue weighted by Gasteiger charge is 2.44. The predicted molar refractivity (Wildman–Crippen MR) is 129 cm³/mol. The molecule has 0 aliphatic carbocycles. The third-order valence-electron chi connectivity index (χ3n) is 5.34. The van der Waals surface area contributed by atoms with Gasteiger partial charge in [-0.25, -0.2) is 0 Å². The highest BCUT2D eigenvalue weighted by atomic mass is 16.5. The van der Waals surface area contributed by atoms with Gasteiger partial charge in [-0.1, -0.05) is 47.1 Å². The van der Waals surface area contributed by atoms with E-state index >= 15 is 0 Å². The van der Waals surface area contributed by atoms with E-state index in [9.17, 15) is 0 Å². The van der Waals surface area contributed by atoms with Crippen LogP contribution in [0.15, 0.2) is 100 Å². The number of ether oxygens (including phenoxy) is 2. The first-order valence-corrected chi connectivity index (χ1v) is 10.2. The van der Waals surface area contributed by atoms with Crippen molar-refractivity contribution in [3.05, 3.63) is 85.2 Å². The van der Waals surface area contributed by atoms with E-state index < -0.39 is 0 Å². The van der Waals surface area contributed by atoms with Gasteiger partial charge in [0.2, 0.25) is 0 Å². The zero-order valence-electron chi connectivity index (χ0n) is 17.8. The minimum Gasteiger partial charge on any atom is -0.497 e. The van der Waals surface area contributed by atoms with Gasteiger partial charge in [0.1, 0.15) is 17.7 Å². The summed E-state index contributed by atoms with van der Waals surface area (Å²) in [5, 5.41) is 8.28. The van der Waals surface area contributed by atoms with Crippen molar-refractivity contribution in [3.63, 3.8) is 0 Å². The molecule has 0 bridgehead atoms. The van der Waals surface area contributed by atoms with Gasteiger partial charge >= 0.3 is 0 Å². The highest BCUT2D eigenvalue weighted by Crippen LogP contribution is 2.39. The molecule has 2 aliphatic rings. The maximum atomic E-state index is 5.38. The van der Waals surface area contributed by atoms with Crippen LogP contribution in [0.25, 0.3) is 11.1 Å². The Morgan fingerprint density at radius 2 is 1.56 bits per heavy atom. The monoisotopic (exact) mass is 424 g/mol. The number of rotatable bonds is 5. The predicted octanol–water partition coefficient (Wildman–Crippen LogP) is 5.03. The SMILES string of the molecule is COc1cc(NC2=N[N+]3(c4ccccc4-c4ccccc4)C=CN=CC3=N2)cc(OC)c1. The van der Waals surface area contributed by atoms with Gasteiger partial charge < -0.3 is 14.8 Å². The van der Waals surface area contributed by atoms with E-state index in [1.807, 2.05) is 54.7 Å². The zero-order chi connectivity index (χ0) is 22.0. The van der Waals surface area contributed by atoms with Gasteiger partial charge in [0.25, 0.3) is 11.8 Å². The number of nitrogens with one attached hydrogen (secondary N) is 1. The number of para-hydroxylation sites is 1. The Balaban J connectivity index is 1.59. The summed E-state index contributed by atoms with van der Waals surface area (Å²) in [4.78, 5) is 9.04. The van der Waals surface area contributed by atoms with Gasteiger partial charge in [-0.05, 0) is 16.7 Å². The molecule has 0 fully saturated rings. The van der Waals surface area contributed by atoms with Crippen LogP contribution in [0.5, 0.6) is 11.5 Å². The summed E-state index contributed by atoms with van der Waals surface area (Å²) >= 11 is 0. The summed E-state index contributed by atoms with van der Waals surface area (Å²) in [6, 6.07) is 24.0. The fourth-order valence-electron chi connectivity index (χ4n) is 3.83. The molecule has 0 spiro atoms. The molecule has 1 atom stereocenters. The first-order valence-electron chi connectivity index (χ1n) is 10.2. The van der Waals surface area contributed by atoms with Crippen molar-refractivity contribution in [3.8, 4) is 22.6 Å². The molecule has 3 aromatic carbocycles. The molecule has 7 nitrogen and oxygen atoms in total. The summed E-state index contributed by atoms with van der Waals surface area (Å²) in [5.74, 6) is 2.52. The smallest absolute Gasteiger partial charge is 0.287 e. The van der Waals surface area contributed by atoms with Crippen LogP contribution in [0.4, 0.5) is 11.4 Å². The minimum absolute atomic E-state index is 0.0952. The molecule has 5 rings (SSSR count). The van der Waals surface area contributed by atoms with Crippen molar-refractivity contribution in [2.45, 2.75) is 0 Å². The quantitative estimate of drug-likeness (QED) is 0.584. The number of hydrogen-bond acceptors (Lipinski definition) is 6. The summed E-state index contributed by atoms with van der Waals surface area (Å²) < 4.78 is 10.9. The number of fused-ring (bicyclic) bond motifs is 1. The van der Waals surface area contributed by atoms with Crippen LogP contribution in [-0.2, 0) is 0 Å². The standard InChI is InChI=1S/C25H22N5O2/c1-31-20-14-19(15-21(16-20)32-2)27-25-28-24-17-26-12-13-30(24,29-25)23-11-7-6-10-22(23)18-8-4-3-5-9-18/h3-17H,1-2H3,(H,27,29)/q+1. The molecule has 1 N–H and O–H groups in total. The van der Waals surface area contributed by atoms with Crippen molar-refractivity contribution < 1.29 is 9.47 Å². The van der Waals surface area contributed by atoms with Gasteiger partial charge in [0.15, 0.2) is 11.9 Å². The van der Waals surface area contributed by atoms with Gasteiger partial charge in [-0.15, -0.1) is 0 Å². The molecule has 2 aliphatic heterocycles. The Morgan fingerprint density at radius 3 is 2.31 bits per heavy atom. The fourth-order valence-corrected chi connectivity index (χ4v) is 3.83. The van der Waals surface area contributed by atoms with Gasteiger partial charge in [0, 0.05) is 35.5 Å². The van der Waals surface area contributed by atoms with Crippen LogP contribution in [0.2, 0.25) is 0 Å². The minimum atomic E-state index is 0.0952. The number of hydrogen-bond donors (Lipinski definition) is 1. The van der Waals surface area contributed by atoms with Gasteiger partial charge in [0.05, 0.1) is 20.4 Å². The Morgan fingerprint density at radius 1 is 0.844 bits per heavy atom. The second-order valence-electron chi connectivity index (χ2n) is 7.26. The maximum absolute atomic E-state index is 5.38. The van der Waals surface area contributed by atoms with Crippen LogP contribution in [-0.4, -0.2) is 32.2 Å². The second kappa shape index (κ2) is 8.13. The van der Waals surface area contributed by atoms with Gasteiger partial charge in [-0.3, -0.25) is 4.99 Å². The summed E-state index contributed by atoms with van der Waals surface area (Å²) in [6.45, 7) is 0. The molecule has 7 heteroatoms. The van der Waals surface area contributed by atoms with Crippen LogP contribution >= 0.6 is 0 Å². The lowest BCUT2D eigenvalue weighted by Crippen LogP contribution is -2.44. The average Bonchev–Trinajstić information content (AvgIpc) is 3.23. The van der Waals surface area contributed by atoms with E-state index in [1.165, 1.54) is 0 Å². The first-order chi connectivity index (χ1) is 15.7. The van der Waals surface area contributed by atoms with Crippen molar-refractivity contribution in [2.24, 2.45) is 15.1 Å². The van der Waals surface area contributed by atoms with E-state index in [-0.39, 0.29) is 4.59 Å². The van der Waals surface area contributed by atoms with Gasteiger partial charge in [-0.2, -0.15) is 4.99 Å². The van der Waals surface area contributed by atoms with E-state index in [0.717, 1.165) is 22.5 Å². The molecule has 0 saturated heterocycles. The Kier molecular flexibility index (Phi) is 5.01. The van der Waals surface area contributed by atoms with Crippen molar-refractivity contribution in [2.75, 3.05) is 19.5 Å². The third kappa shape index (κ3) is 3.44. The Hall–Kier alpha value is -4.23. The van der Waals surface area contributed by atoms with Crippen LogP contribution in [0, 0.1) is 0 Å². The number of anilines is 1. The number of aliphatic imine (C=N–C) groups is 2. The van der Waals surface area contributed by atoms with Crippen LogP contribution < -0.4 is 19.4 Å². The molecule has 0 amide bonds. The second-order valence-corrected chi connectivity index (χ2v) is 7.26. The van der Waals surface area contributed by atoms with Crippen LogP contribution in [0.3, 0.4) is 0 Å². The van der Waals surface area contributed by atoms with Crippen LogP contribution in [0.1, 0.15) is 0 Å². The summed E-state index contributed by atoms with van der Waals surface area (Å²) in [7, 11) is 3.24. The third-order valence-corrected chi connectivity index (χ3v) is 5.34. The highest BCUT2D eigenvalue weighted by molar-refractivity contribution is 6.38. The molecule has 0 radical (unpaired) electrons. The molecule has 32 heavy (non-hydrogen) atoms. The summed E-state index contributed by atoms with van der Waals surface area (Å²) in [5.41, 5.74) is 3.94. The Bertz CT molecular complexity index is 1260. The molecular formula is C25H22N5O2+. The van der Waals surface area contributed by atoms with Crippen molar-refractivity contribution in [1.82, 2.24) is 4.59 Å². The molecule has 0 saturated carbocycles. The molecule has 158 valence electrons. The van der Waals surface area contributed by atoms with Crippen molar-refractivity contribution >= 4 is 29.4 Å². The number of methoxy groups -OCH3 is 2. The summed E-state index contributed by atoms with van der Waals surface area (Å²) in [6.07, 6.45) is 5.43. The lowest BCUT2D eigenvalue weighted by atomic mass is 10.0. The molecule has 0 aromatic heterocycles. The fraction of sp³-hybridized carbons (Fsp3) is 0.0800.